The first-order valence-electron chi connectivity index (χ1n) is 7.69. The van der Waals surface area contributed by atoms with E-state index in [9.17, 15) is 0 Å². The van der Waals surface area contributed by atoms with Gasteiger partial charge in [0.2, 0.25) is 0 Å². The molecule has 0 unspecified atom stereocenters. The molecule has 0 fully saturated rings. The molecular weight excluding hydrogens is 391 g/mol. The highest BCUT2D eigenvalue weighted by Gasteiger charge is 2.09. The number of aromatic nitrogens is 2. The number of halogens is 1. The van der Waals surface area contributed by atoms with Crippen LogP contribution in [0, 0.1) is 13.8 Å². The topological polar surface area (TPSA) is 57.5 Å². The van der Waals surface area contributed by atoms with Gasteiger partial charge in [-0.15, -0.1) is 24.0 Å². The van der Waals surface area contributed by atoms with Crippen molar-refractivity contribution in [3.63, 3.8) is 0 Å². The molecule has 2 N–H and O–H groups in total. The summed E-state index contributed by atoms with van der Waals surface area (Å²) < 4.78 is 1.92. The van der Waals surface area contributed by atoms with Gasteiger partial charge < -0.3 is 15.5 Å². The van der Waals surface area contributed by atoms with Gasteiger partial charge in [-0.1, -0.05) is 13.8 Å². The minimum absolute atomic E-state index is 0. The molecule has 0 spiro atoms. The third-order valence-electron chi connectivity index (χ3n) is 3.93. The van der Waals surface area contributed by atoms with Crippen LogP contribution in [0.2, 0.25) is 0 Å². The molecule has 128 valence electrons. The maximum absolute atomic E-state index is 4.43. The summed E-state index contributed by atoms with van der Waals surface area (Å²) in [6.07, 6.45) is 0. The molecule has 0 amide bonds. The Morgan fingerprint density at radius 3 is 2.32 bits per heavy atom. The average molecular weight is 422 g/mol. The molecule has 0 aliphatic carbocycles. The van der Waals surface area contributed by atoms with Gasteiger partial charge in [0.05, 0.1) is 5.69 Å². The first-order chi connectivity index (χ1) is 10.0. The number of nitrogens with zero attached hydrogens (tertiary/aromatic N) is 4. The van der Waals surface area contributed by atoms with Crippen LogP contribution in [0.25, 0.3) is 0 Å². The molecule has 0 saturated carbocycles. The van der Waals surface area contributed by atoms with Crippen molar-refractivity contribution in [3.05, 3.63) is 17.0 Å². The van der Waals surface area contributed by atoms with E-state index >= 15 is 0 Å². The fraction of sp³-hybridized carbons (Fsp3) is 0.733. The molecule has 0 aliphatic rings. The lowest BCUT2D eigenvalue weighted by molar-refractivity contribution is 0.308. The van der Waals surface area contributed by atoms with Crippen molar-refractivity contribution < 1.29 is 0 Å². The van der Waals surface area contributed by atoms with Crippen molar-refractivity contribution >= 4 is 29.9 Å². The number of nitrogens with one attached hydrogen (secondary N) is 2. The minimum atomic E-state index is 0. The lowest BCUT2D eigenvalue weighted by Crippen LogP contribution is -2.41. The Labute approximate surface area is 151 Å². The van der Waals surface area contributed by atoms with E-state index in [0.29, 0.717) is 0 Å². The van der Waals surface area contributed by atoms with Crippen molar-refractivity contribution in [1.29, 1.82) is 0 Å². The number of rotatable bonds is 7. The monoisotopic (exact) mass is 422 g/mol. The summed E-state index contributed by atoms with van der Waals surface area (Å²) in [6.45, 7) is 13.3. The van der Waals surface area contributed by atoms with E-state index in [1.165, 1.54) is 11.3 Å². The molecule has 7 heteroatoms. The molecule has 1 rings (SSSR count). The zero-order valence-corrected chi connectivity index (χ0v) is 17.1. The first kappa shape index (κ1) is 21.2. The van der Waals surface area contributed by atoms with E-state index in [0.717, 1.165) is 44.4 Å². The molecule has 1 aromatic rings. The number of aryl methyl sites for hydroxylation is 2. The lowest BCUT2D eigenvalue weighted by atomic mass is 10.2. The van der Waals surface area contributed by atoms with Crippen molar-refractivity contribution in [2.24, 2.45) is 12.0 Å². The van der Waals surface area contributed by atoms with E-state index in [1.807, 2.05) is 18.7 Å². The fourth-order valence-corrected chi connectivity index (χ4v) is 2.34. The van der Waals surface area contributed by atoms with Crippen LogP contribution in [-0.2, 0) is 13.6 Å². The van der Waals surface area contributed by atoms with Gasteiger partial charge in [-0.25, -0.2) is 0 Å². The maximum Gasteiger partial charge on any atom is 0.191 e. The van der Waals surface area contributed by atoms with Crippen LogP contribution in [0.15, 0.2) is 4.99 Å². The van der Waals surface area contributed by atoms with Gasteiger partial charge in [0.1, 0.15) is 0 Å². The van der Waals surface area contributed by atoms with Gasteiger partial charge in [0.25, 0.3) is 0 Å². The Hall–Kier alpha value is -0.830. The van der Waals surface area contributed by atoms with Gasteiger partial charge in [-0.3, -0.25) is 9.67 Å². The van der Waals surface area contributed by atoms with Crippen molar-refractivity contribution in [3.8, 4) is 0 Å². The van der Waals surface area contributed by atoms with E-state index < -0.39 is 0 Å². The third-order valence-corrected chi connectivity index (χ3v) is 3.93. The zero-order chi connectivity index (χ0) is 15.8. The Morgan fingerprint density at radius 2 is 1.86 bits per heavy atom. The molecule has 0 atom stereocenters. The van der Waals surface area contributed by atoms with Gasteiger partial charge in [0.15, 0.2) is 5.96 Å². The second-order valence-electron chi connectivity index (χ2n) is 5.15. The van der Waals surface area contributed by atoms with Crippen molar-refractivity contribution in [2.45, 2.75) is 34.2 Å². The molecule has 0 bridgehead atoms. The highest BCUT2D eigenvalue weighted by atomic mass is 127. The summed E-state index contributed by atoms with van der Waals surface area (Å²) in [5.41, 5.74) is 3.50. The third kappa shape index (κ3) is 6.12. The predicted molar refractivity (Wildman–Crippen MR) is 104 cm³/mol. The van der Waals surface area contributed by atoms with E-state index in [1.54, 1.807) is 7.05 Å². The standard InChI is InChI=1S/C15H30N6.HI/c1-7-21(8-2)10-9-17-15(16-5)18-11-14-12(3)19-20(6)13(14)4;/h7-11H2,1-6H3,(H2,16,17,18);1H. The fourth-order valence-electron chi connectivity index (χ4n) is 2.34. The number of guanidine groups is 1. The SMILES string of the molecule is CCN(CC)CCNC(=NC)NCc1c(C)nn(C)c1C.I. The predicted octanol–water partition coefficient (Wildman–Crippen LogP) is 1.66. The van der Waals surface area contributed by atoms with Crippen LogP contribution in [0.4, 0.5) is 0 Å². The summed E-state index contributed by atoms with van der Waals surface area (Å²) in [5, 5.41) is 11.1. The highest BCUT2D eigenvalue weighted by molar-refractivity contribution is 14.0. The van der Waals surface area contributed by atoms with E-state index in [-0.39, 0.29) is 24.0 Å². The largest absolute Gasteiger partial charge is 0.355 e. The van der Waals surface area contributed by atoms with Crippen LogP contribution in [0.1, 0.15) is 30.8 Å². The summed E-state index contributed by atoms with van der Waals surface area (Å²) in [6, 6.07) is 0. The van der Waals surface area contributed by atoms with E-state index in [4.69, 9.17) is 0 Å². The summed E-state index contributed by atoms with van der Waals surface area (Å²) in [5.74, 6) is 0.838. The maximum atomic E-state index is 4.43. The molecule has 0 saturated heterocycles. The molecular formula is C15H31IN6. The van der Waals surface area contributed by atoms with Crippen molar-refractivity contribution in [1.82, 2.24) is 25.3 Å². The zero-order valence-electron chi connectivity index (χ0n) is 14.7. The minimum Gasteiger partial charge on any atom is -0.355 e. The molecule has 0 aromatic carbocycles. The Kier molecular flexibility index (Phi) is 10.4. The summed E-state index contributed by atoms with van der Waals surface area (Å²) in [4.78, 5) is 6.65. The Balaban J connectivity index is 0.00000441. The van der Waals surface area contributed by atoms with Crippen LogP contribution in [0.3, 0.4) is 0 Å². The molecule has 6 nitrogen and oxygen atoms in total. The van der Waals surface area contributed by atoms with Crippen molar-refractivity contribution in [2.75, 3.05) is 33.2 Å². The molecule has 0 radical (unpaired) electrons. The number of likely N-dealkylation sites (N-methyl/N-ethyl adjacent to an activating group) is 1. The van der Waals surface area contributed by atoms with Crippen LogP contribution in [-0.4, -0.2) is 53.9 Å². The van der Waals surface area contributed by atoms with Crippen LogP contribution < -0.4 is 10.6 Å². The second-order valence-corrected chi connectivity index (χ2v) is 5.15. The first-order valence-corrected chi connectivity index (χ1v) is 7.69. The normalized spacial score (nSPS) is 11.5. The quantitative estimate of drug-likeness (QED) is 0.399. The second kappa shape index (κ2) is 10.8. The molecule has 1 aromatic heterocycles. The molecule has 22 heavy (non-hydrogen) atoms. The summed E-state index contributed by atoms with van der Waals surface area (Å²) >= 11 is 0. The molecule has 1 heterocycles. The van der Waals surface area contributed by atoms with Gasteiger partial charge in [0, 0.05) is 45.0 Å². The Morgan fingerprint density at radius 1 is 1.23 bits per heavy atom. The van der Waals surface area contributed by atoms with Crippen LogP contribution in [0.5, 0.6) is 0 Å². The summed E-state index contributed by atoms with van der Waals surface area (Å²) in [7, 11) is 3.78. The number of aliphatic imine (C=N–C) groups is 1. The average Bonchev–Trinajstić information content (AvgIpc) is 2.72. The smallest absolute Gasteiger partial charge is 0.191 e. The van der Waals surface area contributed by atoms with E-state index in [2.05, 4.69) is 46.4 Å². The lowest BCUT2D eigenvalue weighted by Gasteiger charge is -2.19. The van der Waals surface area contributed by atoms with Crippen LogP contribution >= 0.6 is 24.0 Å². The number of hydrogen-bond donors (Lipinski definition) is 2. The van der Waals surface area contributed by atoms with Gasteiger partial charge in [-0.05, 0) is 26.9 Å². The van der Waals surface area contributed by atoms with Gasteiger partial charge >= 0.3 is 0 Å². The highest BCUT2D eigenvalue weighted by Crippen LogP contribution is 2.10. The molecule has 0 aliphatic heterocycles. The van der Waals surface area contributed by atoms with Gasteiger partial charge in [-0.2, -0.15) is 5.10 Å². The number of hydrogen-bond acceptors (Lipinski definition) is 3. The Bertz CT molecular complexity index is 465.